The number of hydrogen-bond donors (Lipinski definition) is 14. The topological polar surface area (TPSA) is 374 Å². The van der Waals surface area contributed by atoms with Crippen LogP contribution in [0, 0.1) is 50.2 Å². The first-order valence-corrected chi connectivity index (χ1v) is 27.4. The molecule has 0 radical (unpaired) electrons. The van der Waals surface area contributed by atoms with E-state index < -0.39 is 159 Å². The lowest BCUT2D eigenvalue weighted by molar-refractivity contribution is -0.368. The summed E-state index contributed by atoms with van der Waals surface area (Å²) in [7, 11) is 0. The molecule has 0 bridgehead atoms. The molecule has 4 saturated heterocycles. The van der Waals surface area contributed by atoms with Crippen LogP contribution in [-0.2, 0) is 42.7 Å². The molecular weight excluding hydrogens is 1000 g/mol. The lowest BCUT2D eigenvalue weighted by Crippen LogP contribution is -2.67. The minimum atomic E-state index is -1.85. The molecule has 0 spiro atoms. The Hall–Kier alpha value is -1.63. The maximum atomic E-state index is 15.1. The summed E-state index contributed by atoms with van der Waals surface area (Å²) >= 11 is 0. The van der Waals surface area contributed by atoms with E-state index in [4.69, 9.17) is 37.9 Å². The second-order valence-electron chi connectivity index (χ2n) is 25.7. The van der Waals surface area contributed by atoms with E-state index in [1.807, 2.05) is 6.92 Å². The average Bonchev–Trinajstić information content (AvgIpc) is 3.38. The van der Waals surface area contributed by atoms with Gasteiger partial charge in [0.05, 0.1) is 44.6 Å². The summed E-state index contributed by atoms with van der Waals surface area (Å²) in [6, 6.07) is 0. The van der Waals surface area contributed by atoms with Crippen LogP contribution in [0.2, 0.25) is 0 Å². The Morgan fingerprint density at radius 1 is 0.605 bits per heavy atom. The number of allylic oxidation sites excluding steroid dienone is 2. The molecule has 4 heterocycles. The van der Waals surface area contributed by atoms with Gasteiger partial charge < -0.3 is 109 Å². The van der Waals surface area contributed by atoms with Gasteiger partial charge in [-0.2, -0.15) is 0 Å². The van der Waals surface area contributed by atoms with Gasteiger partial charge >= 0.3 is 5.97 Å². The molecule has 0 unspecified atom stereocenters. The molecule has 4 saturated carbocycles. The summed E-state index contributed by atoms with van der Waals surface area (Å²) in [5.41, 5.74) is -1.83. The predicted molar refractivity (Wildman–Crippen MR) is 258 cm³/mol. The van der Waals surface area contributed by atoms with Crippen molar-refractivity contribution in [3.8, 4) is 0 Å². The van der Waals surface area contributed by atoms with Crippen LogP contribution in [0.3, 0.4) is 0 Å². The average molecular weight is 1090 g/mol. The molecule has 8 fully saturated rings. The molecule has 9 aliphatic rings. The molecule has 0 aromatic heterocycles. The van der Waals surface area contributed by atoms with Gasteiger partial charge in [0, 0.05) is 5.41 Å². The predicted octanol–water partition coefficient (Wildman–Crippen LogP) is -2.42. The van der Waals surface area contributed by atoms with E-state index in [0.29, 0.717) is 51.4 Å². The van der Waals surface area contributed by atoms with Crippen LogP contribution in [0.4, 0.5) is 0 Å². The van der Waals surface area contributed by atoms with Crippen LogP contribution in [0.5, 0.6) is 0 Å². The Balaban J connectivity index is 0.931. The third-order valence-corrected chi connectivity index (χ3v) is 21.2. The van der Waals surface area contributed by atoms with Crippen molar-refractivity contribution in [3.63, 3.8) is 0 Å². The molecule has 76 heavy (non-hydrogen) atoms. The fraction of sp³-hybridized carbons (Fsp3) is 0.943. The van der Waals surface area contributed by atoms with Crippen LogP contribution >= 0.6 is 0 Å². The number of fused-ring (bicyclic) bond motifs is 7. The highest BCUT2D eigenvalue weighted by Gasteiger charge is 2.71. The number of carbonyl (C=O) groups is 1. The molecule has 14 N–H and O–H groups in total. The van der Waals surface area contributed by atoms with Gasteiger partial charge in [-0.05, 0) is 104 Å². The fourth-order valence-electron chi connectivity index (χ4n) is 16.1. The molecule has 23 heteroatoms. The minimum absolute atomic E-state index is 0.0715. The molecule has 436 valence electrons. The summed E-state index contributed by atoms with van der Waals surface area (Å²) in [4.78, 5) is 15.1. The molecule has 0 amide bonds. The zero-order chi connectivity index (χ0) is 55.4. The molecular formula is C53H86O23. The SMILES string of the molecule is CC1(C)CC[C@]2(C(=O)O[C@@H]3O[C@H](CO[C@@H]4O[C@H](CO)[C@@H](O)[C@H](O)[C@H]4O)[C@@H](O)[C@H](O)[C@H]3O)CC[C@]3(C)C(=CC[C@@H]4[C@@]5(C)CC[C@H](O[C@@H]6OC[C@H](O)[C@H](O)[C@H]6O[C@@H]6O[C@H](CO)[C@@H](O)[C@H](O)[C@H]6O)[C@@](C)(CO)[C@@H]5CC[C@]43C)[C@@H]2C1. The van der Waals surface area contributed by atoms with E-state index in [2.05, 4.69) is 40.7 Å². The maximum absolute atomic E-state index is 15.1. The number of aliphatic hydroxyl groups excluding tert-OH is 14. The number of carbonyl (C=O) groups excluding carboxylic acids is 1. The van der Waals surface area contributed by atoms with Gasteiger partial charge in [-0.1, -0.05) is 53.2 Å². The quantitative estimate of drug-likeness (QED) is 0.0549. The van der Waals surface area contributed by atoms with Gasteiger partial charge in [0.1, 0.15) is 91.6 Å². The lowest BCUT2D eigenvalue weighted by atomic mass is 9.33. The first-order valence-electron chi connectivity index (χ1n) is 27.4. The summed E-state index contributed by atoms with van der Waals surface area (Å²) in [6.45, 7) is 10.9. The van der Waals surface area contributed by atoms with Crippen molar-refractivity contribution in [2.24, 2.45) is 50.2 Å². The Morgan fingerprint density at radius 2 is 1.18 bits per heavy atom. The van der Waals surface area contributed by atoms with E-state index in [1.54, 1.807) is 0 Å². The zero-order valence-corrected chi connectivity index (χ0v) is 44.4. The Labute approximate surface area is 442 Å². The van der Waals surface area contributed by atoms with Gasteiger partial charge in [0.15, 0.2) is 18.9 Å². The summed E-state index contributed by atoms with van der Waals surface area (Å²) in [5.74, 6) is -0.803. The molecule has 9 rings (SSSR count). The molecule has 0 aromatic carbocycles. The largest absolute Gasteiger partial charge is 0.432 e. The van der Waals surface area contributed by atoms with Crippen LogP contribution in [0.15, 0.2) is 11.6 Å². The Morgan fingerprint density at radius 3 is 1.82 bits per heavy atom. The highest BCUT2D eigenvalue weighted by atomic mass is 16.8. The van der Waals surface area contributed by atoms with Crippen LogP contribution in [-0.4, -0.2) is 233 Å². The smallest absolute Gasteiger partial charge is 0.315 e. The second kappa shape index (κ2) is 21.6. The fourth-order valence-corrected chi connectivity index (χ4v) is 16.1. The summed E-state index contributed by atoms with van der Waals surface area (Å²) < 4.78 is 47.4. The molecule has 0 aromatic rings. The van der Waals surface area contributed by atoms with Crippen molar-refractivity contribution in [2.45, 2.75) is 229 Å². The van der Waals surface area contributed by atoms with Crippen molar-refractivity contribution in [1.29, 1.82) is 0 Å². The van der Waals surface area contributed by atoms with E-state index in [9.17, 15) is 71.5 Å². The van der Waals surface area contributed by atoms with Gasteiger partial charge in [-0.25, -0.2) is 0 Å². The lowest BCUT2D eigenvalue weighted by Gasteiger charge is -2.71. The van der Waals surface area contributed by atoms with Crippen LogP contribution < -0.4 is 0 Å². The van der Waals surface area contributed by atoms with E-state index >= 15 is 4.79 Å². The van der Waals surface area contributed by atoms with Crippen molar-refractivity contribution in [2.75, 3.05) is 33.0 Å². The minimum Gasteiger partial charge on any atom is -0.432 e. The third-order valence-electron chi connectivity index (χ3n) is 21.2. The van der Waals surface area contributed by atoms with Crippen molar-refractivity contribution < 1.29 is 114 Å². The van der Waals surface area contributed by atoms with E-state index in [-0.39, 0.29) is 52.6 Å². The maximum Gasteiger partial charge on any atom is 0.315 e. The van der Waals surface area contributed by atoms with Crippen LogP contribution in [0.25, 0.3) is 0 Å². The molecule has 23 nitrogen and oxygen atoms in total. The molecule has 4 aliphatic heterocycles. The van der Waals surface area contributed by atoms with Crippen molar-refractivity contribution in [1.82, 2.24) is 0 Å². The van der Waals surface area contributed by atoms with Crippen molar-refractivity contribution >= 4 is 5.97 Å². The number of hydrogen-bond acceptors (Lipinski definition) is 23. The highest BCUT2D eigenvalue weighted by Crippen LogP contribution is 2.76. The van der Waals surface area contributed by atoms with Gasteiger partial charge in [0.25, 0.3) is 0 Å². The number of rotatable bonds is 12. The number of aliphatic hydroxyl groups is 14. The highest BCUT2D eigenvalue weighted by molar-refractivity contribution is 5.79. The monoisotopic (exact) mass is 1090 g/mol. The van der Waals surface area contributed by atoms with Crippen LogP contribution in [0.1, 0.15) is 106 Å². The van der Waals surface area contributed by atoms with Gasteiger partial charge in [-0.3, -0.25) is 4.79 Å². The standard InChI is InChI=1S/C53H86O23/c1-48(2)13-15-53(47(68)76-45-41(67)38(64)35(61)28(73-45)21-70-43-39(65)36(62)33(59)26(18-54)71-43)16-14-51(5)23(24(53)17-48)7-8-30-49(3)11-10-31(50(4,22-56)29(49)9-12-52(30,51)6)74-46-42(32(58)25(57)20-69-46)75-44-40(66)37(63)34(60)27(19-55)72-44/h7,24-46,54-67H,8-22H2,1-6H3/t24-,25-,26+,27+,28+,29+,30+,31-,32-,33+,34+,35+,36-,37-,38-,39+,40+,41+,42+,43+,44-,45-,46-,49-,50-,51+,52+,53-/m0/s1. The number of esters is 1. The van der Waals surface area contributed by atoms with Crippen molar-refractivity contribution in [3.05, 3.63) is 11.6 Å². The normalized spacial score (nSPS) is 54.3. The molecule has 28 atom stereocenters. The Kier molecular flexibility index (Phi) is 16.8. The summed E-state index contributed by atoms with van der Waals surface area (Å²) in [5, 5.41) is 149. The first-order chi connectivity index (χ1) is 35.7. The second-order valence-corrected chi connectivity index (χ2v) is 25.7. The summed E-state index contributed by atoms with van der Waals surface area (Å²) in [6.07, 6.45) is -22.4. The van der Waals surface area contributed by atoms with E-state index in [1.165, 1.54) is 5.57 Å². The van der Waals surface area contributed by atoms with Gasteiger partial charge in [0.2, 0.25) is 6.29 Å². The number of ether oxygens (including phenoxy) is 8. The Bertz CT molecular complexity index is 2080. The molecule has 5 aliphatic carbocycles. The van der Waals surface area contributed by atoms with E-state index in [0.717, 1.165) is 12.8 Å². The first kappa shape index (κ1) is 59.0. The zero-order valence-electron chi connectivity index (χ0n) is 44.4. The third kappa shape index (κ3) is 9.56. The van der Waals surface area contributed by atoms with Gasteiger partial charge in [-0.15, -0.1) is 0 Å².